The summed E-state index contributed by atoms with van der Waals surface area (Å²) < 4.78 is 0. The molecule has 0 heterocycles. The van der Waals surface area contributed by atoms with Gasteiger partial charge in [-0.15, -0.1) is 0 Å². The van der Waals surface area contributed by atoms with E-state index in [9.17, 15) is 0 Å². The molecule has 0 aliphatic heterocycles. The Hall–Kier alpha value is -1.31. The van der Waals surface area contributed by atoms with Crippen LogP contribution < -0.4 is 0 Å². The maximum atomic E-state index is 8.09. The highest BCUT2D eigenvalue weighted by Gasteiger charge is 1.79. The van der Waals surface area contributed by atoms with E-state index in [0.29, 0.717) is 0 Å². The van der Waals surface area contributed by atoms with E-state index in [1.807, 2.05) is 44.2 Å². The average molecular weight is 151 g/mol. The maximum absolute atomic E-state index is 8.09. The summed E-state index contributed by atoms with van der Waals surface area (Å²) in [7, 11) is 0. The highest BCUT2D eigenvalue weighted by Crippen LogP contribution is 1.92. The summed E-state index contributed by atoms with van der Waals surface area (Å²) in [6.07, 6.45) is 1.39. The van der Waals surface area contributed by atoms with Crippen LogP contribution in [0.15, 0.2) is 35.5 Å². The summed E-state index contributed by atoms with van der Waals surface area (Å²) in [5.74, 6) is 0. The number of oxime groups is 1. The lowest BCUT2D eigenvalue weighted by molar-refractivity contribution is 0.322. The second kappa shape index (κ2) is 6.81. The molecule has 0 saturated carbocycles. The van der Waals surface area contributed by atoms with E-state index in [0.717, 1.165) is 5.56 Å². The number of benzene rings is 1. The van der Waals surface area contributed by atoms with Gasteiger partial charge in [0.2, 0.25) is 0 Å². The van der Waals surface area contributed by atoms with Gasteiger partial charge in [-0.2, -0.15) is 0 Å². The Morgan fingerprint density at radius 3 is 2.18 bits per heavy atom. The fraction of sp³-hybridized carbons (Fsp3) is 0.222. The van der Waals surface area contributed by atoms with Crippen molar-refractivity contribution in [1.82, 2.24) is 0 Å². The summed E-state index contributed by atoms with van der Waals surface area (Å²) in [5, 5.41) is 11.0. The molecule has 1 rings (SSSR count). The summed E-state index contributed by atoms with van der Waals surface area (Å²) in [4.78, 5) is 0. The zero-order valence-corrected chi connectivity index (χ0v) is 6.86. The predicted octanol–water partition coefficient (Wildman–Crippen LogP) is 2.52. The van der Waals surface area contributed by atoms with Crippen molar-refractivity contribution >= 4 is 6.21 Å². The second-order valence-electron chi connectivity index (χ2n) is 1.66. The zero-order chi connectivity index (χ0) is 8.53. The molecular weight excluding hydrogens is 138 g/mol. The lowest BCUT2D eigenvalue weighted by Gasteiger charge is -1.85. The fourth-order valence-corrected chi connectivity index (χ4v) is 0.606. The minimum atomic E-state index is 0.903. The molecule has 0 aliphatic carbocycles. The molecule has 60 valence electrons. The third kappa shape index (κ3) is 4.14. The lowest BCUT2D eigenvalue weighted by Crippen LogP contribution is -1.76. The Kier molecular flexibility index (Phi) is 5.99. The number of hydrogen-bond acceptors (Lipinski definition) is 2. The van der Waals surface area contributed by atoms with Crippen molar-refractivity contribution in [3.8, 4) is 0 Å². The molecule has 0 fully saturated rings. The Bertz CT molecular complexity index is 194. The summed E-state index contributed by atoms with van der Waals surface area (Å²) in [6, 6.07) is 9.40. The van der Waals surface area contributed by atoms with Gasteiger partial charge in [0.05, 0.1) is 6.21 Å². The van der Waals surface area contributed by atoms with Crippen LogP contribution in [-0.2, 0) is 0 Å². The first-order chi connectivity index (χ1) is 5.43. The molecule has 1 aromatic carbocycles. The quantitative estimate of drug-likeness (QED) is 0.373. The minimum absolute atomic E-state index is 0.903. The molecule has 0 aliphatic rings. The first-order valence-corrected chi connectivity index (χ1v) is 3.66. The number of nitrogens with zero attached hydrogens (tertiary/aromatic N) is 1. The third-order valence-electron chi connectivity index (χ3n) is 1.01. The standard InChI is InChI=1S/C7H7NO.C2H6/c9-8-6-7-4-2-1-3-5-7;1-2/h1-6,9H;1-2H3/b8-6-;. The molecule has 0 amide bonds. The Morgan fingerprint density at radius 1 is 1.18 bits per heavy atom. The van der Waals surface area contributed by atoms with E-state index >= 15 is 0 Å². The molecule has 1 aromatic rings. The van der Waals surface area contributed by atoms with Crippen LogP contribution in [0.1, 0.15) is 19.4 Å². The molecule has 2 nitrogen and oxygen atoms in total. The second-order valence-corrected chi connectivity index (χ2v) is 1.66. The third-order valence-corrected chi connectivity index (χ3v) is 1.01. The van der Waals surface area contributed by atoms with Crippen LogP contribution in [0.5, 0.6) is 0 Å². The zero-order valence-electron chi connectivity index (χ0n) is 6.86. The molecular formula is C9H13NO. The van der Waals surface area contributed by atoms with Gasteiger partial charge < -0.3 is 5.21 Å². The molecule has 0 radical (unpaired) electrons. The van der Waals surface area contributed by atoms with Gasteiger partial charge >= 0.3 is 0 Å². The van der Waals surface area contributed by atoms with E-state index < -0.39 is 0 Å². The highest BCUT2D eigenvalue weighted by molar-refractivity contribution is 5.78. The van der Waals surface area contributed by atoms with Gasteiger partial charge in [0, 0.05) is 0 Å². The van der Waals surface area contributed by atoms with Gasteiger partial charge in [0.1, 0.15) is 0 Å². The van der Waals surface area contributed by atoms with Crippen molar-refractivity contribution in [3.63, 3.8) is 0 Å². The predicted molar refractivity (Wildman–Crippen MR) is 47.2 cm³/mol. The van der Waals surface area contributed by atoms with Gasteiger partial charge in [-0.05, 0) is 5.56 Å². The minimum Gasteiger partial charge on any atom is -0.411 e. The molecule has 1 N–H and O–H groups in total. The van der Waals surface area contributed by atoms with E-state index in [4.69, 9.17) is 5.21 Å². The summed E-state index contributed by atoms with van der Waals surface area (Å²) in [5.41, 5.74) is 0.903. The van der Waals surface area contributed by atoms with Gasteiger partial charge in [-0.25, -0.2) is 0 Å². The van der Waals surface area contributed by atoms with Gasteiger partial charge in [0.25, 0.3) is 0 Å². The molecule has 0 unspecified atom stereocenters. The monoisotopic (exact) mass is 151 g/mol. The Labute approximate surface area is 67.2 Å². The van der Waals surface area contributed by atoms with Crippen molar-refractivity contribution in [3.05, 3.63) is 35.9 Å². The summed E-state index contributed by atoms with van der Waals surface area (Å²) >= 11 is 0. The van der Waals surface area contributed by atoms with Crippen molar-refractivity contribution in [2.24, 2.45) is 5.16 Å². The SMILES string of the molecule is CC.O/N=C\c1ccccc1. The Balaban J connectivity index is 0.000000461. The molecule has 0 aromatic heterocycles. The van der Waals surface area contributed by atoms with Gasteiger partial charge in [0.15, 0.2) is 0 Å². The van der Waals surface area contributed by atoms with Gasteiger partial charge in [-0.3, -0.25) is 0 Å². The largest absolute Gasteiger partial charge is 0.411 e. The van der Waals surface area contributed by atoms with E-state index in [1.54, 1.807) is 0 Å². The molecule has 0 atom stereocenters. The van der Waals surface area contributed by atoms with Crippen LogP contribution in [0.25, 0.3) is 0 Å². The highest BCUT2D eigenvalue weighted by atomic mass is 16.4. The summed E-state index contributed by atoms with van der Waals surface area (Å²) in [6.45, 7) is 4.00. The van der Waals surface area contributed by atoms with E-state index in [-0.39, 0.29) is 0 Å². The average Bonchev–Trinajstić information content (AvgIpc) is 2.11. The van der Waals surface area contributed by atoms with Crippen LogP contribution in [0.4, 0.5) is 0 Å². The first kappa shape index (κ1) is 9.69. The molecule has 2 heteroatoms. The van der Waals surface area contributed by atoms with Crippen LogP contribution in [-0.4, -0.2) is 11.4 Å². The van der Waals surface area contributed by atoms with Gasteiger partial charge in [-0.1, -0.05) is 49.3 Å². The van der Waals surface area contributed by atoms with Crippen LogP contribution in [0.2, 0.25) is 0 Å². The lowest BCUT2D eigenvalue weighted by atomic mass is 10.2. The molecule has 0 spiro atoms. The van der Waals surface area contributed by atoms with Crippen LogP contribution >= 0.6 is 0 Å². The van der Waals surface area contributed by atoms with E-state index in [1.165, 1.54) is 6.21 Å². The van der Waals surface area contributed by atoms with Crippen molar-refractivity contribution < 1.29 is 5.21 Å². The van der Waals surface area contributed by atoms with Crippen LogP contribution in [0.3, 0.4) is 0 Å². The first-order valence-electron chi connectivity index (χ1n) is 3.66. The smallest absolute Gasteiger partial charge is 0.0733 e. The molecule has 0 saturated heterocycles. The fourth-order valence-electron chi connectivity index (χ4n) is 0.606. The van der Waals surface area contributed by atoms with E-state index in [2.05, 4.69) is 5.16 Å². The van der Waals surface area contributed by atoms with Crippen molar-refractivity contribution in [2.45, 2.75) is 13.8 Å². The van der Waals surface area contributed by atoms with Crippen molar-refractivity contribution in [2.75, 3.05) is 0 Å². The molecule has 11 heavy (non-hydrogen) atoms. The number of rotatable bonds is 1. The maximum Gasteiger partial charge on any atom is 0.0733 e. The normalized spacial score (nSPS) is 8.91. The molecule has 0 bridgehead atoms. The van der Waals surface area contributed by atoms with Crippen molar-refractivity contribution in [1.29, 1.82) is 0 Å². The topological polar surface area (TPSA) is 32.6 Å². The van der Waals surface area contributed by atoms with Crippen LogP contribution in [0, 0.1) is 0 Å². The number of hydrogen-bond donors (Lipinski definition) is 1. The Morgan fingerprint density at radius 2 is 1.73 bits per heavy atom.